The summed E-state index contributed by atoms with van der Waals surface area (Å²) in [7, 11) is 0. The summed E-state index contributed by atoms with van der Waals surface area (Å²) in [6, 6.07) is -0.407. The van der Waals surface area contributed by atoms with Crippen molar-refractivity contribution in [2.45, 2.75) is 0 Å². The number of allylic oxidation sites excluding steroid dienone is 1. The summed E-state index contributed by atoms with van der Waals surface area (Å²) in [5.74, 6) is 1.54. The Morgan fingerprint density at radius 1 is 1.56 bits per heavy atom. The highest BCUT2D eigenvalue weighted by Gasteiger charge is 2.03. The maximum Gasteiger partial charge on any atom is 0.323 e. The van der Waals surface area contributed by atoms with E-state index in [9.17, 15) is 9.59 Å². The van der Waals surface area contributed by atoms with E-state index in [-0.39, 0.29) is 5.70 Å². The van der Waals surface area contributed by atoms with Crippen LogP contribution in [0.25, 0.3) is 0 Å². The fourth-order valence-electron chi connectivity index (χ4n) is 0.460. The van der Waals surface area contributed by atoms with Gasteiger partial charge in [0.05, 0.1) is 0 Å². The number of hydrogen-bond donors (Lipinski definition) is 2. The fraction of sp³-hybridized carbons (Fsp3) is 0. The summed E-state index contributed by atoms with van der Waals surface area (Å²) in [6.07, 6.45) is 2.80. The van der Waals surface area contributed by atoms with Gasteiger partial charge in [0.15, 0.2) is 5.94 Å². The van der Waals surface area contributed by atoms with E-state index in [0.29, 0.717) is 0 Å². The van der Waals surface area contributed by atoms with Crippen LogP contribution in [0.5, 0.6) is 0 Å². The second kappa shape index (κ2) is 2.15. The third kappa shape index (κ3) is 1.17. The van der Waals surface area contributed by atoms with E-state index in [0.717, 1.165) is 0 Å². The van der Waals surface area contributed by atoms with Crippen LogP contribution in [0.1, 0.15) is 0 Å². The minimum Gasteiger partial charge on any atom is -0.314 e. The third-order valence-corrected chi connectivity index (χ3v) is 0.823. The van der Waals surface area contributed by atoms with Gasteiger partial charge in [-0.1, -0.05) is 0 Å². The van der Waals surface area contributed by atoms with E-state index in [4.69, 9.17) is 0 Å². The lowest BCUT2D eigenvalue weighted by Crippen LogP contribution is -2.34. The molecule has 1 aliphatic heterocycles. The Bertz CT molecular complexity index is 213. The Kier molecular flexibility index (Phi) is 1.34. The summed E-state index contributed by atoms with van der Waals surface area (Å²) < 4.78 is 0. The number of urea groups is 1. The van der Waals surface area contributed by atoms with Gasteiger partial charge < -0.3 is 5.32 Å². The van der Waals surface area contributed by atoms with Crippen LogP contribution in [0.3, 0.4) is 0 Å². The number of carbonyl (C=O) groups excluding carboxylic acids is 2. The van der Waals surface area contributed by atoms with E-state index in [1.54, 1.807) is 5.94 Å². The Morgan fingerprint density at radius 3 is 2.78 bits per heavy atom. The molecule has 4 nitrogen and oxygen atoms in total. The molecule has 1 heterocycles. The van der Waals surface area contributed by atoms with Gasteiger partial charge in [0.2, 0.25) is 0 Å². The number of carbonyl (C=O) groups is 1. The number of amides is 2. The second-order valence-corrected chi connectivity index (χ2v) is 1.45. The first-order chi connectivity index (χ1) is 4.33. The van der Waals surface area contributed by atoms with Crippen LogP contribution >= 0.6 is 0 Å². The molecule has 0 saturated carbocycles. The maximum absolute atomic E-state index is 10.4. The predicted molar refractivity (Wildman–Crippen MR) is 30.0 cm³/mol. The summed E-state index contributed by atoms with van der Waals surface area (Å²) in [4.78, 5) is 20.2. The van der Waals surface area contributed by atoms with Gasteiger partial charge in [0.1, 0.15) is 5.70 Å². The van der Waals surface area contributed by atoms with Gasteiger partial charge in [0.25, 0.3) is 0 Å². The zero-order chi connectivity index (χ0) is 6.69. The van der Waals surface area contributed by atoms with Crippen LogP contribution in [0.2, 0.25) is 0 Å². The van der Waals surface area contributed by atoms with Crippen molar-refractivity contribution in [3.05, 3.63) is 18.0 Å². The average Bonchev–Trinajstić information content (AvgIpc) is 1.88. The molecular formula is C5H4N2O2. The fourth-order valence-corrected chi connectivity index (χ4v) is 0.460. The average molecular weight is 124 g/mol. The zero-order valence-corrected chi connectivity index (χ0v) is 4.47. The lowest BCUT2D eigenvalue weighted by atomic mass is 10.4. The number of rotatable bonds is 0. The first kappa shape index (κ1) is 5.59. The molecule has 0 bridgehead atoms. The predicted octanol–water partition coefficient (Wildman–Crippen LogP) is -0.472. The zero-order valence-electron chi connectivity index (χ0n) is 4.47. The van der Waals surface area contributed by atoms with Crippen LogP contribution in [-0.4, -0.2) is 12.0 Å². The van der Waals surface area contributed by atoms with Crippen LogP contribution in [0.15, 0.2) is 18.0 Å². The van der Waals surface area contributed by atoms with Crippen molar-refractivity contribution in [3.8, 4) is 0 Å². The summed E-state index contributed by atoms with van der Waals surface area (Å²) in [5.41, 5.74) is 0.152. The topological polar surface area (TPSA) is 58.2 Å². The van der Waals surface area contributed by atoms with Crippen LogP contribution in [0.4, 0.5) is 4.79 Å². The molecule has 0 aromatic rings. The van der Waals surface area contributed by atoms with E-state index in [2.05, 4.69) is 10.6 Å². The van der Waals surface area contributed by atoms with Gasteiger partial charge in [-0.25, -0.2) is 9.59 Å². The molecule has 0 unspecified atom stereocenters. The van der Waals surface area contributed by atoms with E-state index >= 15 is 0 Å². The van der Waals surface area contributed by atoms with Crippen molar-refractivity contribution in [3.63, 3.8) is 0 Å². The summed E-state index contributed by atoms with van der Waals surface area (Å²) in [5, 5.41) is 4.54. The number of hydrogen-bond acceptors (Lipinski definition) is 2. The molecule has 0 aliphatic carbocycles. The van der Waals surface area contributed by atoms with Crippen LogP contribution in [-0.2, 0) is 4.79 Å². The molecule has 0 radical (unpaired) electrons. The lowest BCUT2D eigenvalue weighted by Gasteiger charge is -2.05. The highest BCUT2D eigenvalue weighted by molar-refractivity contribution is 5.82. The highest BCUT2D eigenvalue weighted by Crippen LogP contribution is 1.88. The molecule has 2 amide bonds. The molecular weight excluding hydrogens is 120 g/mol. The quantitative estimate of drug-likeness (QED) is 0.429. The molecule has 0 fully saturated rings. The summed E-state index contributed by atoms with van der Waals surface area (Å²) in [6.45, 7) is 0. The Hall–Kier alpha value is -1.54. The molecule has 0 spiro atoms. The van der Waals surface area contributed by atoms with E-state index < -0.39 is 6.03 Å². The van der Waals surface area contributed by atoms with Gasteiger partial charge >= 0.3 is 6.03 Å². The molecule has 0 saturated heterocycles. The maximum atomic E-state index is 10.4. The van der Waals surface area contributed by atoms with Gasteiger partial charge in [-0.05, 0) is 6.08 Å². The molecule has 0 aromatic carbocycles. The minimum absolute atomic E-state index is 0.152. The Balaban J connectivity index is 2.83. The van der Waals surface area contributed by atoms with Gasteiger partial charge in [-0.3, -0.25) is 5.32 Å². The van der Waals surface area contributed by atoms with Crippen LogP contribution < -0.4 is 10.6 Å². The molecule has 0 atom stereocenters. The largest absolute Gasteiger partial charge is 0.323 e. The lowest BCUT2D eigenvalue weighted by molar-refractivity contribution is 0.246. The summed E-state index contributed by atoms with van der Waals surface area (Å²) >= 11 is 0. The first-order valence-corrected chi connectivity index (χ1v) is 2.32. The van der Waals surface area contributed by atoms with Crippen LogP contribution in [0, 0.1) is 0 Å². The molecule has 1 aliphatic rings. The van der Waals surface area contributed by atoms with E-state index in [1.165, 1.54) is 12.3 Å². The standard InChI is InChI=1S/C5H4N2O2/c8-3-4-1-2-6-5(9)7-4/h1-2H,(H2,6,7,9). The smallest absolute Gasteiger partial charge is 0.314 e. The molecule has 1 rings (SSSR count). The Morgan fingerprint density at radius 2 is 2.33 bits per heavy atom. The molecule has 2 N–H and O–H groups in total. The Labute approximate surface area is 51.2 Å². The molecule has 4 heteroatoms. The van der Waals surface area contributed by atoms with Crippen molar-refractivity contribution in [2.24, 2.45) is 0 Å². The van der Waals surface area contributed by atoms with Crippen molar-refractivity contribution < 1.29 is 9.59 Å². The van der Waals surface area contributed by atoms with Gasteiger partial charge in [0, 0.05) is 6.20 Å². The molecule has 0 aromatic heterocycles. The van der Waals surface area contributed by atoms with Crippen molar-refractivity contribution in [1.82, 2.24) is 10.6 Å². The van der Waals surface area contributed by atoms with E-state index in [1.807, 2.05) is 0 Å². The SMILES string of the molecule is O=C=C1C=CNC(=O)N1. The van der Waals surface area contributed by atoms with Gasteiger partial charge in [-0.15, -0.1) is 0 Å². The van der Waals surface area contributed by atoms with Crippen molar-refractivity contribution in [2.75, 3.05) is 0 Å². The van der Waals surface area contributed by atoms with Crippen molar-refractivity contribution >= 4 is 12.0 Å². The second-order valence-electron chi connectivity index (χ2n) is 1.45. The monoisotopic (exact) mass is 124 g/mol. The minimum atomic E-state index is -0.407. The molecule has 9 heavy (non-hydrogen) atoms. The number of nitrogens with one attached hydrogen (secondary N) is 2. The normalized spacial score (nSPS) is 16.0. The first-order valence-electron chi connectivity index (χ1n) is 2.32. The van der Waals surface area contributed by atoms with Crippen molar-refractivity contribution in [1.29, 1.82) is 0 Å². The van der Waals surface area contributed by atoms with Gasteiger partial charge in [-0.2, -0.15) is 0 Å². The highest BCUT2D eigenvalue weighted by atomic mass is 16.2. The molecule has 46 valence electrons. The third-order valence-electron chi connectivity index (χ3n) is 0.823.